The lowest BCUT2D eigenvalue weighted by Crippen LogP contribution is -2.39. The van der Waals surface area contributed by atoms with Crippen LogP contribution < -0.4 is 5.53 Å². The molecule has 1 N–H and O–H groups in total. The second kappa shape index (κ2) is 3.58. The summed E-state index contributed by atoms with van der Waals surface area (Å²) in [7, 11) is 0. The van der Waals surface area contributed by atoms with Gasteiger partial charge >= 0.3 is 0 Å². The summed E-state index contributed by atoms with van der Waals surface area (Å²) in [6.45, 7) is 2.27. The van der Waals surface area contributed by atoms with Crippen molar-refractivity contribution in [3.63, 3.8) is 0 Å². The van der Waals surface area contributed by atoms with E-state index in [1.165, 1.54) is 19.3 Å². The van der Waals surface area contributed by atoms with Gasteiger partial charge in [-0.1, -0.05) is 6.42 Å². The zero-order valence-electron chi connectivity index (χ0n) is 7.11. The molecule has 12 heavy (non-hydrogen) atoms. The number of nitrogens with one attached hydrogen (secondary N) is 1. The van der Waals surface area contributed by atoms with Crippen molar-refractivity contribution in [3.05, 3.63) is 18.7 Å². The van der Waals surface area contributed by atoms with Gasteiger partial charge in [0.2, 0.25) is 0 Å². The summed E-state index contributed by atoms with van der Waals surface area (Å²) in [4.78, 5) is 3.96. The molecule has 1 aromatic heterocycles. The third-order valence-corrected chi connectivity index (χ3v) is 2.12. The molecule has 4 heteroatoms. The summed E-state index contributed by atoms with van der Waals surface area (Å²) in [5, 5.41) is 2.23. The number of nitrogens with zero attached hydrogens (tertiary/aromatic N) is 3. The molecular formula is C8H14N4. The predicted octanol–water partition coefficient (Wildman–Crippen LogP) is 0.827. The fourth-order valence-electron chi connectivity index (χ4n) is 1.48. The minimum absolute atomic E-state index is 1.14. The molecule has 0 bridgehead atoms. The zero-order valence-corrected chi connectivity index (χ0v) is 7.11. The van der Waals surface area contributed by atoms with Gasteiger partial charge in [0.1, 0.15) is 6.33 Å². The lowest BCUT2D eigenvalue weighted by atomic mass is 10.2. The van der Waals surface area contributed by atoms with Crippen LogP contribution in [0.1, 0.15) is 19.3 Å². The van der Waals surface area contributed by atoms with Gasteiger partial charge in [-0.2, -0.15) is 0 Å². The van der Waals surface area contributed by atoms with Crippen LogP contribution in [0.3, 0.4) is 0 Å². The van der Waals surface area contributed by atoms with Gasteiger partial charge in [-0.25, -0.2) is 14.7 Å². The fourth-order valence-corrected chi connectivity index (χ4v) is 1.48. The van der Waals surface area contributed by atoms with Crippen LogP contribution in [0.15, 0.2) is 18.7 Å². The number of hydrogen-bond donors (Lipinski definition) is 1. The molecule has 0 atom stereocenters. The number of aromatic nitrogens is 2. The summed E-state index contributed by atoms with van der Waals surface area (Å²) in [5.74, 6) is 0. The molecular weight excluding hydrogens is 152 g/mol. The maximum absolute atomic E-state index is 3.96. The van der Waals surface area contributed by atoms with E-state index in [0.29, 0.717) is 0 Å². The van der Waals surface area contributed by atoms with Gasteiger partial charge in [0, 0.05) is 25.5 Å². The van der Waals surface area contributed by atoms with Gasteiger partial charge in [-0.15, -0.1) is 0 Å². The van der Waals surface area contributed by atoms with Gasteiger partial charge in [-0.05, 0) is 12.8 Å². The summed E-state index contributed by atoms with van der Waals surface area (Å²) in [6, 6.07) is 0. The molecule has 1 aliphatic heterocycles. The molecule has 66 valence electrons. The van der Waals surface area contributed by atoms with Crippen LogP contribution in [-0.4, -0.2) is 27.8 Å². The Bertz CT molecular complexity index is 213. The van der Waals surface area contributed by atoms with E-state index in [4.69, 9.17) is 0 Å². The first-order chi connectivity index (χ1) is 5.95. The highest BCUT2D eigenvalue weighted by Gasteiger charge is 2.08. The smallest absolute Gasteiger partial charge is 0.115 e. The van der Waals surface area contributed by atoms with Crippen LogP contribution in [0, 0.1) is 0 Å². The summed E-state index contributed by atoms with van der Waals surface area (Å²) in [6.07, 6.45) is 9.41. The van der Waals surface area contributed by atoms with Crippen LogP contribution >= 0.6 is 0 Å². The molecule has 0 aliphatic carbocycles. The highest BCUT2D eigenvalue weighted by molar-refractivity contribution is 4.79. The summed E-state index contributed by atoms with van der Waals surface area (Å²) in [5.41, 5.74) is 3.25. The van der Waals surface area contributed by atoms with Crippen LogP contribution in [0.5, 0.6) is 0 Å². The van der Waals surface area contributed by atoms with E-state index in [-0.39, 0.29) is 0 Å². The number of imidazole rings is 1. The number of hydrazine groups is 1. The van der Waals surface area contributed by atoms with E-state index in [2.05, 4.69) is 15.5 Å². The standard InChI is InChI=1S/C8H14N4/c1-2-5-11(6-3-1)10-12-7-4-9-8-12/h4,7-8,10H,1-3,5-6H2. The molecule has 0 unspecified atom stereocenters. The molecule has 0 spiro atoms. The van der Waals surface area contributed by atoms with Crippen molar-refractivity contribution in [1.82, 2.24) is 14.7 Å². The van der Waals surface area contributed by atoms with E-state index in [9.17, 15) is 0 Å². The van der Waals surface area contributed by atoms with Gasteiger partial charge < -0.3 is 0 Å². The lowest BCUT2D eigenvalue weighted by molar-refractivity contribution is 0.242. The Kier molecular flexibility index (Phi) is 2.27. The molecule has 1 fully saturated rings. The SMILES string of the molecule is c1cn(NN2CCCCC2)cn1. The number of piperidine rings is 1. The van der Waals surface area contributed by atoms with Crippen LogP contribution in [0.4, 0.5) is 0 Å². The Morgan fingerprint density at radius 2 is 2.00 bits per heavy atom. The average Bonchev–Trinajstić information content (AvgIpc) is 2.59. The van der Waals surface area contributed by atoms with Crippen LogP contribution in [0.25, 0.3) is 0 Å². The number of rotatable bonds is 2. The van der Waals surface area contributed by atoms with Crippen LogP contribution in [-0.2, 0) is 0 Å². The van der Waals surface area contributed by atoms with E-state index < -0.39 is 0 Å². The van der Waals surface area contributed by atoms with Crippen molar-refractivity contribution in [2.24, 2.45) is 0 Å². The molecule has 0 amide bonds. The predicted molar refractivity (Wildman–Crippen MR) is 47.0 cm³/mol. The Hall–Kier alpha value is -1.03. The second-order valence-corrected chi connectivity index (χ2v) is 3.12. The first kappa shape index (κ1) is 7.61. The Morgan fingerprint density at radius 1 is 1.17 bits per heavy atom. The van der Waals surface area contributed by atoms with Crippen molar-refractivity contribution >= 4 is 0 Å². The molecule has 1 saturated heterocycles. The summed E-state index contributed by atoms with van der Waals surface area (Å²) < 4.78 is 1.88. The van der Waals surface area contributed by atoms with Crippen molar-refractivity contribution in [3.8, 4) is 0 Å². The monoisotopic (exact) mass is 166 g/mol. The van der Waals surface area contributed by atoms with E-state index in [1.807, 2.05) is 10.9 Å². The highest BCUT2D eigenvalue weighted by atomic mass is 15.7. The molecule has 2 rings (SSSR count). The van der Waals surface area contributed by atoms with Crippen molar-refractivity contribution in [2.75, 3.05) is 18.6 Å². The van der Waals surface area contributed by atoms with Gasteiger partial charge in [0.05, 0.1) is 0 Å². The maximum Gasteiger partial charge on any atom is 0.115 e. The molecule has 0 saturated carbocycles. The lowest BCUT2D eigenvalue weighted by Gasteiger charge is -2.27. The Morgan fingerprint density at radius 3 is 2.67 bits per heavy atom. The molecule has 0 aromatic carbocycles. The van der Waals surface area contributed by atoms with Gasteiger partial charge in [-0.3, -0.25) is 5.53 Å². The molecule has 1 aliphatic rings. The van der Waals surface area contributed by atoms with Crippen molar-refractivity contribution in [1.29, 1.82) is 0 Å². The third-order valence-electron chi connectivity index (χ3n) is 2.12. The second-order valence-electron chi connectivity index (χ2n) is 3.12. The minimum Gasteiger partial charge on any atom is -0.256 e. The Balaban J connectivity index is 1.86. The fraction of sp³-hybridized carbons (Fsp3) is 0.625. The summed E-state index contributed by atoms with van der Waals surface area (Å²) >= 11 is 0. The minimum atomic E-state index is 1.14. The first-order valence-electron chi connectivity index (χ1n) is 4.45. The van der Waals surface area contributed by atoms with Crippen LogP contribution in [0.2, 0.25) is 0 Å². The normalized spacial score (nSPS) is 19.3. The third kappa shape index (κ3) is 1.76. The van der Waals surface area contributed by atoms with E-state index >= 15 is 0 Å². The van der Waals surface area contributed by atoms with Gasteiger partial charge in [0.15, 0.2) is 0 Å². The Labute approximate surface area is 72.1 Å². The number of hydrogen-bond acceptors (Lipinski definition) is 3. The highest BCUT2D eigenvalue weighted by Crippen LogP contribution is 2.06. The largest absolute Gasteiger partial charge is 0.256 e. The van der Waals surface area contributed by atoms with Crippen molar-refractivity contribution < 1.29 is 0 Å². The van der Waals surface area contributed by atoms with Crippen molar-refractivity contribution in [2.45, 2.75) is 19.3 Å². The molecule has 4 nitrogen and oxygen atoms in total. The molecule has 2 heterocycles. The van der Waals surface area contributed by atoms with Gasteiger partial charge in [0.25, 0.3) is 0 Å². The van der Waals surface area contributed by atoms with E-state index in [0.717, 1.165) is 13.1 Å². The first-order valence-corrected chi connectivity index (χ1v) is 4.45. The van der Waals surface area contributed by atoms with E-state index in [1.54, 1.807) is 12.5 Å². The zero-order chi connectivity index (χ0) is 8.23. The molecule has 0 radical (unpaired) electrons. The average molecular weight is 166 g/mol. The molecule has 1 aromatic rings. The quantitative estimate of drug-likeness (QED) is 0.706. The topological polar surface area (TPSA) is 33.1 Å². The maximum atomic E-state index is 3.96.